The number of aryl methyl sites for hydroxylation is 2. The topological polar surface area (TPSA) is 99.4 Å². The molecule has 2 heterocycles. The van der Waals surface area contributed by atoms with Crippen molar-refractivity contribution in [3.05, 3.63) is 139 Å². The number of H-pyrrole nitrogens is 2. The van der Waals surface area contributed by atoms with E-state index in [4.69, 9.17) is 0 Å². The van der Waals surface area contributed by atoms with Gasteiger partial charge in [-0.15, -0.1) is 0 Å². The number of para-hydroxylation sites is 2. The third kappa shape index (κ3) is 3.81. The average molecular weight is 462 g/mol. The van der Waals surface area contributed by atoms with Gasteiger partial charge in [-0.05, 0) is 55.8 Å². The van der Waals surface area contributed by atoms with Crippen LogP contribution in [0.5, 0.6) is 0 Å². The third-order valence-electron chi connectivity index (χ3n) is 6.21. The summed E-state index contributed by atoms with van der Waals surface area (Å²) in [6, 6.07) is 27.8. The fraction of sp³-hybridized carbons (Fsp3) is 0.107. The molecule has 2 N–H and O–H groups in total. The molecule has 0 saturated carbocycles. The van der Waals surface area contributed by atoms with Gasteiger partial charge in [-0.3, -0.25) is 19.8 Å². The average Bonchev–Trinajstić information content (AvgIpc) is 3.36. The highest BCUT2D eigenvalue weighted by molar-refractivity contribution is 5.48. The van der Waals surface area contributed by atoms with Crippen molar-refractivity contribution in [2.24, 2.45) is 0 Å². The Labute approximate surface area is 201 Å². The lowest BCUT2D eigenvalue weighted by atomic mass is 9.85. The van der Waals surface area contributed by atoms with Crippen molar-refractivity contribution in [2.45, 2.75) is 19.8 Å². The molecule has 0 aliphatic rings. The number of aromatic nitrogens is 4. The zero-order chi connectivity index (χ0) is 24.5. The van der Waals surface area contributed by atoms with Crippen LogP contribution in [0, 0.1) is 25.2 Å². The van der Waals surface area contributed by atoms with Gasteiger partial charge in [-0.25, -0.2) is 9.36 Å². The number of nitrogens with zero attached hydrogens (tertiary/aromatic N) is 3. The van der Waals surface area contributed by atoms with Crippen LogP contribution in [0.15, 0.2) is 94.5 Å². The van der Waals surface area contributed by atoms with Crippen molar-refractivity contribution in [1.82, 2.24) is 19.6 Å². The van der Waals surface area contributed by atoms with Crippen LogP contribution in [0.25, 0.3) is 11.4 Å². The molecular weight excluding hydrogens is 438 g/mol. The molecule has 5 aromatic rings. The second kappa shape index (κ2) is 8.84. The normalized spacial score (nSPS) is 11.0. The molecule has 0 spiro atoms. The van der Waals surface area contributed by atoms with E-state index in [-0.39, 0.29) is 11.1 Å². The van der Waals surface area contributed by atoms with Gasteiger partial charge in [0.1, 0.15) is 0 Å². The van der Waals surface area contributed by atoms with Crippen LogP contribution in [0.2, 0.25) is 0 Å². The summed E-state index contributed by atoms with van der Waals surface area (Å²) in [6.45, 7) is 3.68. The van der Waals surface area contributed by atoms with Crippen molar-refractivity contribution in [1.29, 1.82) is 5.26 Å². The smallest absolute Gasteiger partial charge is 0.275 e. The summed E-state index contributed by atoms with van der Waals surface area (Å²) in [5.41, 5.74) is 4.52. The van der Waals surface area contributed by atoms with Gasteiger partial charge in [0.25, 0.3) is 11.1 Å². The Kier molecular flexibility index (Phi) is 5.55. The minimum Gasteiger partial charge on any atom is -0.295 e. The molecule has 172 valence electrons. The van der Waals surface area contributed by atoms with Gasteiger partial charge in [-0.1, -0.05) is 48.5 Å². The molecule has 0 saturated heterocycles. The highest BCUT2D eigenvalue weighted by Gasteiger charge is 2.30. The maximum absolute atomic E-state index is 13.8. The number of benzene rings is 3. The number of hydrogen-bond acceptors (Lipinski definition) is 3. The fourth-order valence-corrected chi connectivity index (χ4v) is 4.54. The van der Waals surface area contributed by atoms with Gasteiger partial charge in [0.05, 0.1) is 34.1 Å². The minimum atomic E-state index is -0.634. The van der Waals surface area contributed by atoms with Crippen LogP contribution in [-0.2, 0) is 0 Å². The number of aromatic amines is 2. The number of nitrogens with one attached hydrogen (secondary N) is 2. The fourth-order valence-electron chi connectivity index (χ4n) is 4.54. The first-order valence-electron chi connectivity index (χ1n) is 11.2. The van der Waals surface area contributed by atoms with E-state index in [9.17, 15) is 14.9 Å². The van der Waals surface area contributed by atoms with Crippen molar-refractivity contribution < 1.29 is 0 Å². The van der Waals surface area contributed by atoms with Gasteiger partial charge in [0, 0.05) is 17.3 Å². The Morgan fingerprint density at radius 3 is 1.51 bits per heavy atom. The van der Waals surface area contributed by atoms with Gasteiger partial charge < -0.3 is 0 Å². The van der Waals surface area contributed by atoms with E-state index < -0.39 is 5.92 Å². The largest absolute Gasteiger partial charge is 0.295 e. The summed E-state index contributed by atoms with van der Waals surface area (Å²) in [4.78, 5) is 27.5. The van der Waals surface area contributed by atoms with E-state index in [1.165, 1.54) is 9.36 Å². The number of hydrogen-bond donors (Lipinski definition) is 2. The molecule has 0 aliphatic carbocycles. The quantitative estimate of drug-likeness (QED) is 0.408. The number of rotatable bonds is 5. The van der Waals surface area contributed by atoms with Crippen LogP contribution in [0.3, 0.4) is 0 Å². The molecule has 2 aromatic heterocycles. The van der Waals surface area contributed by atoms with E-state index in [1.807, 2.05) is 74.5 Å². The molecule has 0 unspecified atom stereocenters. The van der Waals surface area contributed by atoms with Crippen LogP contribution in [0.1, 0.15) is 39.6 Å². The SMILES string of the molecule is Cc1[nH]n(-c2ccccc2)c(=O)c1C(c1ccc(C#N)cc1)c1c(C)[nH]n(-c2ccccc2)c1=O. The Bertz CT molecular complexity index is 1550. The molecule has 7 nitrogen and oxygen atoms in total. The maximum Gasteiger partial charge on any atom is 0.275 e. The monoisotopic (exact) mass is 461 g/mol. The first kappa shape index (κ1) is 22.0. The molecular formula is C28H23N5O2. The molecule has 35 heavy (non-hydrogen) atoms. The van der Waals surface area contributed by atoms with Crippen LogP contribution < -0.4 is 11.1 Å². The molecule has 0 bridgehead atoms. The molecule has 0 aliphatic heterocycles. The van der Waals surface area contributed by atoms with Crippen LogP contribution >= 0.6 is 0 Å². The van der Waals surface area contributed by atoms with E-state index in [2.05, 4.69) is 16.3 Å². The molecule has 7 heteroatoms. The Morgan fingerprint density at radius 1 is 0.686 bits per heavy atom. The lowest BCUT2D eigenvalue weighted by Crippen LogP contribution is -2.25. The molecule has 0 radical (unpaired) electrons. The zero-order valence-corrected chi connectivity index (χ0v) is 19.3. The minimum absolute atomic E-state index is 0.227. The summed E-state index contributed by atoms with van der Waals surface area (Å²) >= 11 is 0. The Hall–Kier alpha value is -4.83. The maximum atomic E-state index is 13.8. The van der Waals surface area contributed by atoms with E-state index in [0.717, 1.165) is 5.56 Å². The third-order valence-corrected chi connectivity index (χ3v) is 6.21. The summed E-state index contributed by atoms with van der Waals surface area (Å²) < 4.78 is 3.00. The summed E-state index contributed by atoms with van der Waals surface area (Å²) in [5, 5.41) is 15.6. The summed E-state index contributed by atoms with van der Waals surface area (Å²) in [6.07, 6.45) is 0. The van der Waals surface area contributed by atoms with Crippen molar-refractivity contribution in [3.63, 3.8) is 0 Å². The molecule has 5 rings (SSSR count). The predicted octanol–water partition coefficient (Wildman–Crippen LogP) is 4.31. The van der Waals surface area contributed by atoms with Gasteiger partial charge >= 0.3 is 0 Å². The van der Waals surface area contributed by atoms with E-state index >= 15 is 0 Å². The van der Waals surface area contributed by atoms with Gasteiger partial charge in [0.15, 0.2) is 0 Å². The first-order valence-corrected chi connectivity index (χ1v) is 11.2. The molecule has 0 amide bonds. The van der Waals surface area contributed by atoms with Gasteiger partial charge in [-0.2, -0.15) is 5.26 Å². The van der Waals surface area contributed by atoms with E-state index in [1.54, 1.807) is 24.3 Å². The molecule has 3 aromatic carbocycles. The van der Waals surface area contributed by atoms with Crippen LogP contribution in [0.4, 0.5) is 0 Å². The molecule has 0 atom stereocenters. The van der Waals surface area contributed by atoms with Crippen molar-refractivity contribution in [3.8, 4) is 17.4 Å². The van der Waals surface area contributed by atoms with Crippen molar-refractivity contribution >= 4 is 0 Å². The standard InChI is InChI=1S/C28H23N5O2/c1-18-24(27(34)32(30-18)22-9-5-3-6-10-22)26(21-15-13-20(17-29)14-16-21)25-19(2)31-33(28(25)35)23-11-7-4-8-12-23/h3-16,26,30-31H,1-2H3. The Morgan fingerprint density at radius 2 is 1.11 bits per heavy atom. The highest BCUT2D eigenvalue weighted by Crippen LogP contribution is 2.32. The van der Waals surface area contributed by atoms with E-state index in [0.29, 0.717) is 39.5 Å². The second-order valence-electron chi connectivity index (χ2n) is 8.42. The second-order valence-corrected chi connectivity index (χ2v) is 8.42. The van der Waals surface area contributed by atoms with Gasteiger partial charge in [0.2, 0.25) is 0 Å². The Balaban J connectivity index is 1.77. The highest BCUT2D eigenvalue weighted by atomic mass is 16.1. The number of nitriles is 1. The first-order chi connectivity index (χ1) is 17.0. The molecule has 0 fully saturated rings. The lowest BCUT2D eigenvalue weighted by molar-refractivity contribution is 0.830. The predicted molar refractivity (Wildman–Crippen MR) is 134 cm³/mol. The van der Waals surface area contributed by atoms with Crippen LogP contribution in [-0.4, -0.2) is 19.6 Å². The lowest BCUT2D eigenvalue weighted by Gasteiger charge is -2.16. The zero-order valence-electron chi connectivity index (χ0n) is 19.3. The van der Waals surface area contributed by atoms with Crippen molar-refractivity contribution in [2.75, 3.05) is 0 Å². The summed E-state index contributed by atoms with van der Waals surface area (Å²) in [7, 11) is 0. The summed E-state index contributed by atoms with van der Waals surface area (Å²) in [5.74, 6) is -0.634.